The smallest absolute Gasteiger partial charge is 0.340 e. The first-order valence-electron chi connectivity index (χ1n) is 7.47. The van der Waals surface area contributed by atoms with Crippen LogP contribution < -0.4 is 10.6 Å². The van der Waals surface area contributed by atoms with Crippen LogP contribution in [0.15, 0.2) is 18.2 Å². The van der Waals surface area contributed by atoms with Crippen LogP contribution in [-0.4, -0.2) is 50.7 Å². The topological polar surface area (TPSA) is 58.8 Å². The average Bonchev–Trinajstić information content (AvgIpc) is 2.47. The molecule has 1 aromatic rings. The van der Waals surface area contributed by atoms with Crippen molar-refractivity contribution in [1.29, 1.82) is 0 Å². The van der Waals surface area contributed by atoms with Crippen molar-refractivity contribution in [3.63, 3.8) is 0 Å². The maximum Gasteiger partial charge on any atom is 0.340 e. The van der Waals surface area contributed by atoms with Gasteiger partial charge in [-0.15, -0.1) is 0 Å². The van der Waals surface area contributed by atoms with Gasteiger partial charge >= 0.3 is 5.97 Å². The lowest BCUT2D eigenvalue weighted by molar-refractivity contribution is 0.0602. The molecular weight excluding hydrogens is 266 g/mol. The second-order valence-electron chi connectivity index (χ2n) is 5.91. The summed E-state index contributed by atoms with van der Waals surface area (Å²) in [6, 6.07) is 5.54. The number of carbonyl (C=O) groups excluding carboxylic acids is 1. The number of benzene rings is 1. The molecule has 5 heteroatoms. The zero-order chi connectivity index (χ0) is 15.4. The van der Waals surface area contributed by atoms with E-state index in [1.807, 2.05) is 12.1 Å². The van der Waals surface area contributed by atoms with E-state index >= 15 is 0 Å². The lowest BCUT2D eigenvalue weighted by atomic mass is 10.1. The molecule has 0 spiro atoms. The predicted molar refractivity (Wildman–Crippen MR) is 85.7 cm³/mol. The summed E-state index contributed by atoms with van der Waals surface area (Å²) in [5.41, 5.74) is 8.04. The molecule has 2 rings (SSSR count). The first-order chi connectivity index (χ1) is 10.0. The number of hydrogen-bond acceptors (Lipinski definition) is 5. The van der Waals surface area contributed by atoms with E-state index in [0.29, 0.717) is 17.2 Å². The molecule has 1 aliphatic rings. The van der Waals surface area contributed by atoms with E-state index in [9.17, 15) is 4.79 Å². The highest BCUT2D eigenvalue weighted by Crippen LogP contribution is 2.28. The van der Waals surface area contributed by atoms with Crippen LogP contribution in [0.4, 0.5) is 11.4 Å². The molecule has 0 amide bonds. The van der Waals surface area contributed by atoms with Gasteiger partial charge in [-0.1, -0.05) is 19.9 Å². The van der Waals surface area contributed by atoms with E-state index in [0.717, 1.165) is 38.4 Å². The molecule has 0 unspecified atom stereocenters. The fourth-order valence-corrected chi connectivity index (χ4v) is 2.80. The number of nitrogen functional groups attached to an aromatic ring is 1. The number of hydrogen-bond donors (Lipinski definition) is 1. The first kappa shape index (κ1) is 15.6. The van der Waals surface area contributed by atoms with Crippen LogP contribution in [0.1, 0.15) is 24.2 Å². The highest BCUT2D eigenvalue weighted by atomic mass is 16.5. The normalized spacial score (nSPS) is 16.3. The highest BCUT2D eigenvalue weighted by Gasteiger charge is 2.21. The summed E-state index contributed by atoms with van der Waals surface area (Å²) < 4.78 is 4.77. The minimum atomic E-state index is -0.382. The molecule has 1 saturated heterocycles. The van der Waals surface area contributed by atoms with Gasteiger partial charge in [0.25, 0.3) is 0 Å². The zero-order valence-corrected chi connectivity index (χ0v) is 13.1. The first-order valence-corrected chi connectivity index (χ1v) is 7.47. The summed E-state index contributed by atoms with van der Waals surface area (Å²) in [5, 5.41) is 0. The molecule has 0 bridgehead atoms. The molecular formula is C16H25N3O2. The summed E-state index contributed by atoms with van der Waals surface area (Å²) in [6.45, 7) is 9.53. The van der Waals surface area contributed by atoms with Crippen molar-refractivity contribution in [2.45, 2.75) is 13.8 Å². The van der Waals surface area contributed by atoms with Crippen LogP contribution in [0, 0.1) is 5.92 Å². The van der Waals surface area contributed by atoms with Crippen LogP contribution in [0.25, 0.3) is 0 Å². The molecule has 5 nitrogen and oxygen atoms in total. The van der Waals surface area contributed by atoms with E-state index in [-0.39, 0.29) is 5.97 Å². The third-order valence-electron chi connectivity index (χ3n) is 3.82. The van der Waals surface area contributed by atoms with Crippen molar-refractivity contribution in [3.05, 3.63) is 23.8 Å². The maximum absolute atomic E-state index is 11.7. The van der Waals surface area contributed by atoms with E-state index < -0.39 is 0 Å². The molecule has 0 atom stereocenters. The Morgan fingerprint density at radius 2 is 1.95 bits per heavy atom. The van der Waals surface area contributed by atoms with Gasteiger partial charge in [0.15, 0.2) is 0 Å². The number of anilines is 2. The summed E-state index contributed by atoms with van der Waals surface area (Å²) in [4.78, 5) is 16.4. The van der Waals surface area contributed by atoms with E-state index in [2.05, 4.69) is 23.6 Å². The standard InChI is InChI=1S/C16H25N3O2/c1-12(2)11-18-7-9-19(10-8-18)14-6-4-5-13(15(14)17)16(20)21-3/h4-6,12H,7-11,17H2,1-3H3. The molecule has 0 radical (unpaired) electrons. The van der Waals surface area contributed by atoms with Crippen LogP contribution in [-0.2, 0) is 4.74 Å². The lowest BCUT2D eigenvalue weighted by Gasteiger charge is -2.37. The molecule has 1 aromatic carbocycles. The van der Waals surface area contributed by atoms with Gasteiger partial charge in [0, 0.05) is 32.7 Å². The van der Waals surface area contributed by atoms with E-state index in [4.69, 9.17) is 10.5 Å². The number of nitrogens with zero attached hydrogens (tertiary/aromatic N) is 2. The van der Waals surface area contributed by atoms with Crippen molar-refractivity contribution in [1.82, 2.24) is 4.90 Å². The second kappa shape index (κ2) is 6.80. The van der Waals surface area contributed by atoms with Crippen LogP contribution in [0.3, 0.4) is 0 Å². The molecule has 116 valence electrons. The molecule has 0 aliphatic carbocycles. The zero-order valence-electron chi connectivity index (χ0n) is 13.1. The average molecular weight is 291 g/mol. The van der Waals surface area contributed by atoms with Crippen LogP contribution >= 0.6 is 0 Å². The fourth-order valence-electron chi connectivity index (χ4n) is 2.80. The molecule has 21 heavy (non-hydrogen) atoms. The predicted octanol–water partition coefficient (Wildman–Crippen LogP) is 1.83. The summed E-state index contributed by atoms with van der Waals surface area (Å²) >= 11 is 0. The second-order valence-corrected chi connectivity index (χ2v) is 5.91. The molecule has 0 saturated carbocycles. The summed E-state index contributed by atoms with van der Waals surface area (Å²) in [6.07, 6.45) is 0. The van der Waals surface area contributed by atoms with Crippen LogP contribution in [0.2, 0.25) is 0 Å². The summed E-state index contributed by atoms with van der Waals surface area (Å²) in [5.74, 6) is 0.303. The fraction of sp³-hybridized carbons (Fsp3) is 0.562. The lowest BCUT2D eigenvalue weighted by Crippen LogP contribution is -2.47. The van der Waals surface area contributed by atoms with Crippen molar-refractivity contribution in [3.8, 4) is 0 Å². The van der Waals surface area contributed by atoms with Gasteiger partial charge in [-0.05, 0) is 18.1 Å². The number of carbonyl (C=O) groups is 1. The van der Waals surface area contributed by atoms with Crippen molar-refractivity contribution in [2.24, 2.45) is 5.92 Å². The molecule has 1 aliphatic heterocycles. The van der Waals surface area contributed by atoms with Gasteiger partial charge in [0.2, 0.25) is 0 Å². The van der Waals surface area contributed by atoms with Gasteiger partial charge < -0.3 is 15.4 Å². The molecule has 1 fully saturated rings. The van der Waals surface area contributed by atoms with Gasteiger partial charge in [-0.3, -0.25) is 4.90 Å². The third kappa shape index (κ3) is 3.67. The third-order valence-corrected chi connectivity index (χ3v) is 3.82. The number of methoxy groups -OCH3 is 1. The minimum Gasteiger partial charge on any atom is -0.465 e. The van der Waals surface area contributed by atoms with Crippen molar-refractivity contribution < 1.29 is 9.53 Å². The Hall–Kier alpha value is -1.75. The number of piperazine rings is 1. The SMILES string of the molecule is COC(=O)c1cccc(N2CCN(CC(C)C)CC2)c1N. The van der Waals surface area contributed by atoms with Crippen LogP contribution in [0.5, 0.6) is 0 Å². The molecule has 1 heterocycles. The maximum atomic E-state index is 11.7. The number of para-hydroxylation sites is 1. The number of rotatable bonds is 4. The van der Waals surface area contributed by atoms with E-state index in [1.165, 1.54) is 7.11 Å². The van der Waals surface area contributed by atoms with Gasteiger partial charge in [0.1, 0.15) is 0 Å². The Bertz CT molecular complexity index is 494. The Kier molecular flexibility index (Phi) is 5.07. The minimum absolute atomic E-state index is 0.382. The Labute approximate surface area is 126 Å². The largest absolute Gasteiger partial charge is 0.465 e. The summed E-state index contributed by atoms with van der Waals surface area (Å²) in [7, 11) is 1.37. The molecule has 2 N–H and O–H groups in total. The Morgan fingerprint density at radius 3 is 2.52 bits per heavy atom. The molecule has 0 aromatic heterocycles. The number of ether oxygens (including phenoxy) is 1. The van der Waals surface area contributed by atoms with Crippen molar-refractivity contribution in [2.75, 3.05) is 50.5 Å². The van der Waals surface area contributed by atoms with Crippen molar-refractivity contribution >= 4 is 17.3 Å². The van der Waals surface area contributed by atoms with Gasteiger partial charge in [-0.2, -0.15) is 0 Å². The number of esters is 1. The highest BCUT2D eigenvalue weighted by molar-refractivity contribution is 5.98. The Balaban J connectivity index is 2.08. The quantitative estimate of drug-likeness (QED) is 0.677. The Morgan fingerprint density at radius 1 is 1.29 bits per heavy atom. The van der Waals surface area contributed by atoms with E-state index in [1.54, 1.807) is 6.07 Å². The monoisotopic (exact) mass is 291 g/mol. The van der Waals surface area contributed by atoms with Gasteiger partial charge in [0.05, 0.1) is 24.0 Å². The van der Waals surface area contributed by atoms with Gasteiger partial charge in [-0.25, -0.2) is 4.79 Å². The number of nitrogens with two attached hydrogens (primary N) is 1.